The van der Waals surface area contributed by atoms with Gasteiger partial charge in [-0.25, -0.2) is 13.6 Å². The van der Waals surface area contributed by atoms with E-state index in [1.54, 1.807) is 18.2 Å². The van der Waals surface area contributed by atoms with E-state index in [0.29, 0.717) is 23.2 Å². The van der Waals surface area contributed by atoms with Gasteiger partial charge in [0, 0.05) is 29.2 Å². The highest BCUT2D eigenvalue weighted by molar-refractivity contribution is 7.89. The van der Waals surface area contributed by atoms with Gasteiger partial charge < -0.3 is 10.4 Å². The number of hydrogen-bond acceptors (Lipinski definition) is 5. The van der Waals surface area contributed by atoms with Gasteiger partial charge in [-0.2, -0.15) is 0 Å². The highest BCUT2D eigenvalue weighted by atomic mass is 32.2. The van der Waals surface area contributed by atoms with E-state index >= 15 is 0 Å². The minimum atomic E-state index is -3.82. The number of benzene rings is 2. The standard InChI is InChI=1S/C19H22N2O4S/c1-11(2)19(23)13-5-3-12(4-6-13)17-10-18(22)15-9-14(26(20,24)25)7-8-16(15)21-17/h3-9,11,17-18,21-22H,10H2,1-2H3,(H2,20,24,25). The molecule has 2 aromatic rings. The Morgan fingerprint density at radius 2 is 1.85 bits per heavy atom. The number of sulfonamides is 1. The first-order valence-corrected chi connectivity index (χ1v) is 9.97. The van der Waals surface area contributed by atoms with Crippen LogP contribution in [0.5, 0.6) is 0 Å². The topological polar surface area (TPSA) is 109 Å². The van der Waals surface area contributed by atoms with Crippen molar-refractivity contribution in [2.24, 2.45) is 11.1 Å². The molecule has 3 rings (SSSR count). The normalized spacial score (nSPS) is 19.7. The molecule has 0 saturated heterocycles. The Bertz CT molecular complexity index is 937. The molecule has 0 spiro atoms. The van der Waals surface area contributed by atoms with Gasteiger partial charge in [0.1, 0.15) is 0 Å². The molecule has 0 fully saturated rings. The summed E-state index contributed by atoms with van der Waals surface area (Å²) in [4.78, 5) is 12.0. The van der Waals surface area contributed by atoms with Gasteiger partial charge in [0.05, 0.1) is 17.0 Å². The lowest BCUT2D eigenvalue weighted by Gasteiger charge is -2.31. The van der Waals surface area contributed by atoms with E-state index in [4.69, 9.17) is 5.14 Å². The third-order valence-corrected chi connectivity index (χ3v) is 5.53. The largest absolute Gasteiger partial charge is 0.388 e. The van der Waals surface area contributed by atoms with Crippen molar-refractivity contribution < 1.29 is 18.3 Å². The van der Waals surface area contributed by atoms with Crippen LogP contribution in [0.3, 0.4) is 0 Å². The fourth-order valence-electron chi connectivity index (χ4n) is 3.15. The second-order valence-electron chi connectivity index (χ2n) is 6.88. The molecule has 2 unspecified atom stereocenters. The fraction of sp³-hybridized carbons (Fsp3) is 0.316. The maximum absolute atomic E-state index is 12.0. The van der Waals surface area contributed by atoms with E-state index in [-0.39, 0.29) is 22.6 Å². The van der Waals surface area contributed by atoms with Crippen LogP contribution >= 0.6 is 0 Å². The Kier molecular flexibility index (Phi) is 4.88. The van der Waals surface area contributed by atoms with Crippen LogP contribution in [0.1, 0.15) is 53.9 Å². The summed E-state index contributed by atoms with van der Waals surface area (Å²) in [5, 5.41) is 18.9. The number of nitrogens with one attached hydrogen (secondary N) is 1. The van der Waals surface area contributed by atoms with Crippen LogP contribution in [-0.4, -0.2) is 19.3 Å². The van der Waals surface area contributed by atoms with Gasteiger partial charge in [-0.15, -0.1) is 0 Å². The summed E-state index contributed by atoms with van der Waals surface area (Å²) in [6, 6.07) is 11.6. The number of fused-ring (bicyclic) bond motifs is 1. The summed E-state index contributed by atoms with van der Waals surface area (Å²) in [5.74, 6) is 0.0319. The highest BCUT2D eigenvalue weighted by Crippen LogP contribution is 2.39. The number of Topliss-reactive ketones (excluding diaryl/α,β-unsaturated/α-hetero) is 1. The van der Waals surface area contributed by atoms with Crippen LogP contribution < -0.4 is 10.5 Å². The van der Waals surface area contributed by atoms with Crippen molar-refractivity contribution in [1.82, 2.24) is 0 Å². The fourth-order valence-corrected chi connectivity index (χ4v) is 3.70. The number of anilines is 1. The zero-order valence-corrected chi connectivity index (χ0v) is 15.5. The zero-order chi connectivity index (χ0) is 19.1. The van der Waals surface area contributed by atoms with Crippen molar-refractivity contribution in [3.63, 3.8) is 0 Å². The predicted molar refractivity (Wildman–Crippen MR) is 99.4 cm³/mol. The third-order valence-electron chi connectivity index (χ3n) is 4.62. The van der Waals surface area contributed by atoms with Crippen molar-refractivity contribution in [3.05, 3.63) is 59.2 Å². The number of primary sulfonamides is 1. The van der Waals surface area contributed by atoms with Crippen molar-refractivity contribution in [3.8, 4) is 0 Å². The number of carbonyl (C=O) groups excluding carboxylic acids is 1. The molecule has 0 amide bonds. The molecule has 138 valence electrons. The van der Waals surface area contributed by atoms with Crippen molar-refractivity contribution >= 4 is 21.5 Å². The molecule has 0 saturated carbocycles. The van der Waals surface area contributed by atoms with Gasteiger partial charge in [0.2, 0.25) is 10.0 Å². The number of hydrogen-bond donors (Lipinski definition) is 3. The molecule has 0 aromatic heterocycles. The Balaban J connectivity index is 1.86. The van der Waals surface area contributed by atoms with Gasteiger partial charge >= 0.3 is 0 Å². The van der Waals surface area contributed by atoms with E-state index in [1.165, 1.54) is 12.1 Å². The van der Waals surface area contributed by atoms with E-state index in [9.17, 15) is 18.3 Å². The lowest BCUT2D eigenvalue weighted by atomic mass is 9.90. The molecule has 0 bridgehead atoms. The van der Waals surface area contributed by atoms with Crippen LogP contribution in [0.2, 0.25) is 0 Å². The molecule has 2 aromatic carbocycles. The van der Waals surface area contributed by atoms with Crippen LogP contribution in [0, 0.1) is 5.92 Å². The molecule has 26 heavy (non-hydrogen) atoms. The average Bonchev–Trinajstić information content (AvgIpc) is 2.60. The summed E-state index contributed by atoms with van der Waals surface area (Å²) in [6.45, 7) is 3.73. The molecule has 1 aliphatic heterocycles. The van der Waals surface area contributed by atoms with E-state index in [0.717, 1.165) is 5.56 Å². The average molecular weight is 374 g/mol. The molecule has 6 nitrogen and oxygen atoms in total. The Labute approximate surface area is 153 Å². The summed E-state index contributed by atoms with van der Waals surface area (Å²) >= 11 is 0. The minimum absolute atomic E-state index is 0.0212. The highest BCUT2D eigenvalue weighted by Gasteiger charge is 2.27. The van der Waals surface area contributed by atoms with E-state index in [1.807, 2.05) is 26.0 Å². The Hall–Kier alpha value is -2.22. The first-order chi connectivity index (χ1) is 12.2. The van der Waals surface area contributed by atoms with Crippen LogP contribution in [-0.2, 0) is 10.0 Å². The van der Waals surface area contributed by atoms with Gasteiger partial charge in [-0.05, 0) is 23.8 Å². The number of carbonyl (C=O) groups is 1. The van der Waals surface area contributed by atoms with E-state index in [2.05, 4.69) is 5.32 Å². The predicted octanol–water partition coefficient (Wildman–Crippen LogP) is 2.76. The molecule has 0 aliphatic carbocycles. The molecule has 1 heterocycles. The van der Waals surface area contributed by atoms with Crippen LogP contribution in [0.25, 0.3) is 0 Å². The number of nitrogens with two attached hydrogens (primary N) is 1. The Morgan fingerprint density at radius 3 is 2.42 bits per heavy atom. The van der Waals surface area contributed by atoms with Crippen LogP contribution in [0.4, 0.5) is 5.69 Å². The smallest absolute Gasteiger partial charge is 0.238 e. The maximum atomic E-state index is 12.0. The van der Waals surface area contributed by atoms with Crippen molar-refractivity contribution in [1.29, 1.82) is 0 Å². The number of rotatable bonds is 4. The van der Waals surface area contributed by atoms with Gasteiger partial charge in [0.15, 0.2) is 5.78 Å². The first kappa shape index (κ1) is 18.6. The van der Waals surface area contributed by atoms with Crippen molar-refractivity contribution in [2.45, 2.75) is 37.3 Å². The number of aliphatic hydroxyl groups excluding tert-OH is 1. The molecule has 1 aliphatic rings. The lowest BCUT2D eigenvalue weighted by Crippen LogP contribution is -2.22. The third kappa shape index (κ3) is 3.65. The molecule has 2 atom stereocenters. The first-order valence-electron chi connectivity index (χ1n) is 8.42. The summed E-state index contributed by atoms with van der Waals surface area (Å²) < 4.78 is 23.0. The summed E-state index contributed by atoms with van der Waals surface area (Å²) in [5.41, 5.74) is 2.80. The minimum Gasteiger partial charge on any atom is -0.388 e. The van der Waals surface area contributed by atoms with Gasteiger partial charge in [-0.3, -0.25) is 4.79 Å². The van der Waals surface area contributed by atoms with E-state index < -0.39 is 16.1 Å². The van der Waals surface area contributed by atoms with Crippen molar-refractivity contribution in [2.75, 3.05) is 5.32 Å². The summed E-state index contributed by atoms with van der Waals surface area (Å²) in [7, 11) is -3.82. The zero-order valence-electron chi connectivity index (χ0n) is 14.6. The monoisotopic (exact) mass is 374 g/mol. The van der Waals surface area contributed by atoms with Crippen LogP contribution in [0.15, 0.2) is 47.4 Å². The SMILES string of the molecule is CC(C)C(=O)c1ccc(C2CC(O)c3cc(S(N)(=O)=O)ccc3N2)cc1. The number of aliphatic hydroxyl groups is 1. The lowest BCUT2D eigenvalue weighted by molar-refractivity contribution is 0.0939. The molecular formula is C19H22N2O4S. The second-order valence-corrected chi connectivity index (χ2v) is 8.44. The molecule has 0 radical (unpaired) electrons. The molecule has 4 N–H and O–H groups in total. The second kappa shape index (κ2) is 6.83. The molecular weight excluding hydrogens is 352 g/mol. The maximum Gasteiger partial charge on any atom is 0.238 e. The van der Waals surface area contributed by atoms with Gasteiger partial charge in [-0.1, -0.05) is 38.1 Å². The molecule has 7 heteroatoms. The number of ketones is 1. The quantitative estimate of drug-likeness (QED) is 0.713. The summed E-state index contributed by atoms with van der Waals surface area (Å²) in [6.07, 6.45) is -0.423. The van der Waals surface area contributed by atoms with Gasteiger partial charge in [0.25, 0.3) is 0 Å². The Morgan fingerprint density at radius 1 is 1.19 bits per heavy atom.